The summed E-state index contributed by atoms with van der Waals surface area (Å²) in [5, 5.41) is 4.35. The minimum Gasteiger partial charge on any atom is -0.211 e. The molecule has 0 radical (unpaired) electrons. The number of fused-ring (bicyclic) bond motifs is 2. The van der Waals surface area contributed by atoms with Crippen LogP contribution in [-0.4, -0.2) is 12.2 Å². The van der Waals surface area contributed by atoms with Crippen LogP contribution >= 0.6 is 136 Å². The molecule has 4 aromatic rings. The van der Waals surface area contributed by atoms with Crippen LogP contribution in [-0.2, 0) is 8.46 Å². The first-order chi connectivity index (χ1) is 16.1. The molecule has 0 unspecified atom stereocenters. The number of carbonyl (C=O) groups excluding carboxylic acids is 2. The van der Waals surface area contributed by atoms with Gasteiger partial charge in [-0.15, -0.1) is 0 Å². The predicted octanol–water partition coefficient (Wildman–Crippen LogP) is 10.4. The Hall–Kier alpha value is 0.540. The van der Waals surface area contributed by atoms with Crippen molar-refractivity contribution < 1.29 is 9.59 Å². The molecular weight excluding hydrogens is 1110 g/mol. The lowest BCUT2D eigenvalue weighted by Crippen LogP contribution is -1.99. The van der Waals surface area contributed by atoms with Gasteiger partial charge in [0.25, 0.3) is 0 Å². The van der Waals surface area contributed by atoms with Gasteiger partial charge in [-0.25, -0.2) is 9.59 Å². The Morgan fingerprint density at radius 2 is 1.12 bits per heavy atom. The van der Waals surface area contributed by atoms with E-state index in [9.17, 15) is 9.59 Å². The van der Waals surface area contributed by atoms with Crippen molar-refractivity contribution in [2.45, 2.75) is -1.13 Å². The van der Waals surface area contributed by atoms with Gasteiger partial charge in [0, 0.05) is 16.5 Å². The second-order valence-corrected chi connectivity index (χ2v) is 28.9. The lowest BCUT2D eigenvalue weighted by atomic mass is 10.0. The summed E-state index contributed by atoms with van der Waals surface area (Å²) in [5.74, 6) is 0. The maximum atomic E-state index is 10.6. The highest BCUT2D eigenvalue weighted by molar-refractivity contribution is 14.3. The van der Waals surface area contributed by atoms with Crippen molar-refractivity contribution in [2.75, 3.05) is 0 Å². The number of aliphatic imine (C=N–C) groups is 2. The van der Waals surface area contributed by atoms with E-state index in [-0.39, 0.29) is -1.13 Å². The second-order valence-electron chi connectivity index (χ2n) is 6.77. The Bertz CT molecular complexity index is 1450. The van der Waals surface area contributed by atoms with Gasteiger partial charge >= 0.3 is 0 Å². The van der Waals surface area contributed by atoms with Crippen LogP contribution in [0.25, 0.3) is 21.5 Å². The molecule has 0 aliphatic carbocycles. The van der Waals surface area contributed by atoms with Crippen LogP contribution in [0, 0.1) is 0 Å². The van der Waals surface area contributed by atoms with Crippen LogP contribution in [0.15, 0.2) is 82.8 Å². The van der Waals surface area contributed by atoms with Crippen molar-refractivity contribution in [2.24, 2.45) is 9.98 Å². The number of isocyanates is 2. The van der Waals surface area contributed by atoms with Crippen LogP contribution in [0.3, 0.4) is 0 Å². The van der Waals surface area contributed by atoms with E-state index in [2.05, 4.69) is 164 Å². The highest BCUT2D eigenvalue weighted by Gasteiger charge is 2.27. The SMILES string of the molecule is O=C=Nc1c(C(I)(I)I)ccc2ccccc12.O=C=Nc1ccc2ccccc2c1C(I)(I)I. The van der Waals surface area contributed by atoms with E-state index in [0.29, 0.717) is 5.69 Å². The molecule has 0 spiro atoms. The summed E-state index contributed by atoms with van der Waals surface area (Å²) in [6, 6.07) is 23.9. The molecule has 4 nitrogen and oxygen atoms in total. The summed E-state index contributed by atoms with van der Waals surface area (Å²) in [6.07, 6.45) is 3.28. The molecule has 10 heteroatoms. The number of hydrogen-bond donors (Lipinski definition) is 0. The summed E-state index contributed by atoms with van der Waals surface area (Å²) in [4.78, 5) is 28.8. The fourth-order valence-corrected chi connectivity index (χ4v) is 6.36. The molecule has 0 saturated carbocycles. The third kappa shape index (κ3) is 7.31. The summed E-state index contributed by atoms with van der Waals surface area (Å²) < 4.78 is -0.281. The number of rotatable bonds is 4. The van der Waals surface area contributed by atoms with Gasteiger partial charge in [0.2, 0.25) is 12.2 Å². The smallest absolute Gasteiger partial charge is 0.211 e. The van der Waals surface area contributed by atoms with Gasteiger partial charge < -0.3 is 0 Å². The van der Waals surface area contributed by atoms with Gasteiger partial charge in [0.05, 0.1) is 11.4 Å². The second kappa shape index (κ2) is 12.9. The van der Waals surface area contributed by atoms with E-state index in [1.807, 2.05) is 54.6 Å². The molecule has 0 amide bonds. The van der Waals surface area contributed by atoms with Crippen LogP contribution in [0.5, 0.6) is 0 Å². The van der Waals surface area contributed by atoms with Gasteiger partial charge in [0.15, 0.2) is -1.13 Å². The van der Waals surface area contributed by atoms with Gasteiger partial charge in [-0.05, 0) is 158 Å². The Morgan fingerprint density at radius 1 is 0.588 bits per heavy atom. The molecule has 0 aromatic heterocycles. The third-order valence-corrected chi connectivity index (χ3v) is 8.08. The van der Waals surface area contributed by atoms with Gasteiger partial charge in [-0.2, -0.15) is 9.98 Å². The normalized spacial score (nSPS) is 11.2. The van der Waals surface area contributed by atoms with Crippen molar-refractivity contribution in [3.63, 3.8) is 0 Å². The van der Waals surface area contributed by atoms with Crippen molar-refractivity contribution in [3.8, 4) is 0 Å². The van der Waals surface area contributed by atoms with E-state index >= 15 is 0 Å². The molecule has 0 aliphatic rings. The molecule has 0 saturated heterocycles. The van der Waals surface area contributed by atoms with Crippen LogP contribution in [0.1, 0.15) is 11.1 Å². The van der Waals surface area contributed by atoms with E-state index in [1.165, 1.54) is 0 Å². The third-order valence-electron chi connectivity index (χ3n) is 4.72. The molecular formula is C24H12I6N2O2. The fraction of sp³-hybridized carbons (Fsp3) is 0.0833. The molecule has 0 atom stereocenters. The molecule has 0 heterocycles. The summed E-state index contributed by atoms with van der Waals surface area (Å²) in [6.45, 7) is 0. The molecule has 0 N–H and O–H groups in total. The van der Waals surface area contributed by atoms with Crippen LogP contribution in [0.2, 0.25) is 0 Å². The predicted molar refractivity (Wildman–Crippen MR) is 191 cm³/mol. The highest BCUT2D eigenvalue weighted by atomic mass is 127. The molecule has 172 valence electrons. The first-order valence-corrected chi connectivity index (χ1v) is 15.9. The lowest BCUT2D eigenvalue weighted by molar-refractivity contribution is 0.564. The minimum absolute atomic E-state index is 0.132. The Balaban J connectivity index is 0.000000191. The number of halogens is 6. The first-order valence-electron chi connectivity index (χ1n) is 9.41. The highest BCUT2D eigenvalue weighted by Crippen LogP contribution is 2.52. The van der Waals surface area contributed by atoms with E-state index < -0.39 is 0 Å². The maximum Gasteiger partial charge on any atom is 0.240 e. The zero-order chi connectivity index (χ0) is 24.9. The van der Waals surface area contributed by atoms with Crippen molar-refractivity contribution in [3.05, 3.63) is 83.9 Å². The summed E-state index contributed by atoms with van der Waals surface area (Å²) in [5.41, 5.74) is 3.50. The molecule has 34 heavy (non-hydrogen) atoms. The summed E-state index contributed by atoms with van der Waals surface area (Å²) >= 11 is 14.0. The zero-order valence-electron chi connectivity index (χ0n) is 16.9. The quantitative estimate of drug-likeness (QED) is 0.0885. The Morgan fingerprint density at radius 3 is 1.68 bits per heavy atom. The minimum atomic E-state index is -0.149. The number of benzene rings is 4. The molecule has 0 bridgehead atoms. The van der Waals surface area contributed by atoms with Crippen molar-refractivity contribution in [1.82, 2.24) is 0 Å². The van der Waals surface area contributed by atoms with Crippen LogP contribution in [0.4, 0.5) is 11.4 Å². The van der Waals surface area contributed by atoms with E-state index in [0.717, 1.165) is 38.4 Å². The molecule has 4 rings (SSSR count). The first kappa shape index (κ1) is 29.1. The largest absolute Gasteiger partial charge is 0.240 e. The van der Waals surface area contributed by atoms with Crippen molar-refractivity contribution in [1.29, 1.82) is 0 Å². The van der Waals surface area contributed by atoms with Crippen LogP contribution < -0.4 is 0 Å². The van der Waals surface area contributed by atoms with Crippen molar-refractivity contribution >= 4 is 181 Å². The van der Waals surface area contributed by atoms with E-state index in [1.54, 1.807) is 12.2 Å². The van der Waals surface area contributed by atoms with Gasteiger partial charge in [0.1, 0.15) is 0 Å². The monoisotopic (exact) mass is 1120 g/mol. The van der Waals surface area contributed by atoms with Gasteiger partial charge in [-0.3, -0.25) is 0 Å². The zero-order valence-corrected chi connectivity index (χ0v) is 29.9. The average molecular weight is 1120 g/mol. The Kier molecular flexibility index (Phi) is 11.0. The topological polar surface area (TPSA) is 58.9 Å². The number of alkyl halides is 6. The summed E-state index contributed by atoms with van der Waals surface area (Å²) in [7, 11) is 0. The van der Waals surface area contributed by atoms with E-state index in [4.69, 9.17) is 0 Å². The number of nitrogens with zero attached hydrogens (tertiary/aromatic N) is 2. The Labute approximate surface area is 278 Å². The maximum absolute atomic E-state index is 10.6. The molecule has 0 fully saturated rings. The average Bonchev–Trinajstić information content (AvgIpc) is 2.78. The standard InChI is InChI=1S/2C12H6I3NO/c13-12(14,15)11-9-4-2-1-3-8(9)5-6-10(11)16-7-17;13-12(14,15)10-6-5-8-3-1-2-4-9(8)11(10)16-7-17/h2*1-6H. The lowest BCUT2D eigenvalue weighted by Gasteiger charge is -2.17. The molecule has 4 aromatic carbocycles. The van der Waals surface area contributed by atoms with Gasteiger partial charge in [-0.1, -0.05) is 66.7 Å². The molecule has 0 aliphatic heterocycles. The number of hydrogen-bond acceptors (Lipinski definition) is 4. The fourth-order valence-electron chi connectivity index (χ4n) is 3.35.